The number of halogens is 1. The lowest BCUT2D eigenvalue weighted by Gasteiger charge is -2.44. The molecule has 3 fully saturated rings. The predicted octanol–water partition coefficient (Wildman–Crippen LogP) is 1.72. The minimum atomic E-state index is -0.782. The maximum absolute atomic E-state index is 13.7. The van der Waals surface area contributed by atoms with Gasteiger partial charge in [-0.05, 0) is 49.0 Å². The van der Waals surface area contributed by atoms with E-state index in [4.69, 9.17) is 27.8 Å². The number of nitrogens with zero attached hydrogens (tertiary/aromatic N) is 2. The highest BCUT2D eigenvalue weighted by molar-refractivity contribution is 6.20. The average Bonchev–Trinajstić information content (AvgIpc) is 3.33. The molecule has 33 heavy (non-hydrogen) atoms. The van der Waals surface area contributed by atoms with E-state index in [1.807, 2.05) is 0 Å². The molecular weight excluding hydrogens is 440 g/mol. The number of piperidine rings is 1. The molecule has 0 aromatic heterocycles. The Kier molecular flexibility index (Phi) is 8.69. The third-order valence-electron chi connectivity index (χ3n) is 8.86. The first kappa shape index (κ1) is 26.7. The van der Waals surface area contributed by atoms with Crippen LogP contribution in [0.2, 0.25) is 0 Å². The van der Waals surface area contributed by atoms with Gasteiger partial charge in [-0.1, -0.05) is 20.8 Å². The number of hydrogen-bond acceptors (Lipinski definition) is 7. The first-order valence-corrected chi connectivity index (χ1v) is 12.9. The molecule has 3 rings (SSSR count). The number of carbonyl (C=O) groups excluding carboxylic acids is 1. The highest BCUT2D eigenvalue weighted by Crippen LogP contribution is 2.72. The van der Waals surface area contributed by atoms with Crippen molar-refractivity contribution in [3.63, 3.8) is 0 Å². The van der Waals surface area contributed by atoms with Crippen LogP contribution in [0.4, 0.5) is 0 Å². The van der Waals surface area contributed by atoms with Gasteiger partial charge in [0.05, 0.1) is 35.8 Å². The van der Waals surface area contributed by atoms with Gasteiger partial charge in [0.1, 0.15) is 0 Å². The van der Waals surface area contributed by atoms with Crippen LogP contribution in [0.3, 0.4) is 0 Å². The number of alkyl halides is 1. The molecule has 0 spiro atoms. The summed E-state index contributed by atoms with van der Waals surface area (Å²) in [5, 5.41) is 15.8. The summed E-state index contributed by atoms with van der Waals surface area (Å²) in [5.41, 5.74) is 12.8. The highest BCUT2D eigenvalue weighted by atomic mass is 35.5. The number of nitrogens with one attached hydrogen (secondary N) is 2. The zero-order valence-electron chi connectivity index (χ0n) is 20.6. The minimum absolute atomic E-state index is 0.0726. The number of ether oxygens (including phenoxy) is 1. The van der Waals surface area contributed by atoms with Crippen LogP contribution in [-0.4, -0.2) is 67.4 Å². The van der Waals surface area contributed by atoms with Gasteiger partial charge in [0.2, 0.25) is 5.91 Å². The van der Waals surface area contributed by atoms with Gasteiger partial charge >= 0.3 is 0 Å². The Morgan fingerprint density at radius 2 is 2.12 bits per heavy atom. The van der Waals surface area contributed by atoms with Gasteiger partial charge in [-0.25, -0.2) is 0 Å². The Balaban J connectivity index is 1.87. The summed E-state index contributed by atoms with van der Waals surface area (Å²) < 4.78 is 5.61. The quantitative estimate of drug-likeness (QED) is 0.235. The van der Waals surface area contributed by atoms with Crippen molar-refractivity contribution in [2.45, 2.75) is 89.2 Å². The lowest BCUT2D eigenvalue weighted by atomic mass is 9.74. The van der Waals surface area contributed by atoms with Crippen LogP contribution in [-0.2, 0) is 9.53 Å². The maximum Gasteiger partial charge on any atom is 0.227 e. The van der Waals surface area contributed by atoms with E-state index in [1.165, 1.54) is 0 Å². The van der Waals surface area contributed by atoms with Crippen molar-refractivity contribution in [3.05, 3.63) is 0 Å². The van der Waals surface area contributed by atoms with E-state index < -0.39 is 12.1 Å². The molecule has 6 N–H and O–H groups in total. The van der Waals surface area contributed by atoms with E-state index in [9.17, 15) is 10.1 Å². The first-order chi connectivity index (χ1) is 15.6. The van der Waals surface area contributed by atoms with Crippen LogP contribution in [0.15, 0.2) is 0 Å². The molecule has 1 amide bonds. The summed E-state index contributed by atoms with van der Waals surface area (Å²) in [5.74, 6) is -0.387. The summed E-state index contributed by atoms with van der Waals surface area (Å²) >= 11 is 6.23. The molecule has 9 heteroatoms. The third-order valence-corrected chi connectivity index (χ3v) is 9.19. The van der Waals surface area contributed by atoms with E-state index in [1.54, 1.807) is 7.11 Å². The molecule has 0 aromatic rings. The summed E-state index contributed by atoms with van der Waals surface area (Å²) in [6, 6.07) is 2.12. The predicted molar refractivity (Wildman–Crippen MR) is 130 cm³/mol. The minimum Gasteiger partial charge on any atom is -0.379 e. The van der Waals surface area contributed by atoms with Crippen molar-refractivity contribution in [1.29, 1.82) is 5.26 Å². The Labute approximate surface area is 204 Å². The zero-order chi connectivity index (χ0) is 24.4. The molecule has 8 unspecified atom stereocenters. The summed E-state index contributed by atoms with van der Waals surface area (Å²) in [4.78, 5) is 16.0. The number of likely N-dealkylation sites (tertiary alicyclic amines) is 1. The molecule has 3 aliphatic rings. The number of hydrogen-bond donors (Lipinski definition) is 4. The van der Waals surface area contributed by atoms with Crippen molar-refractivity contribution in [1.82, 2.24) is 15.5 Å². The second-order valence-corrected chi connectivity index (χ2v) is 11.3. The van der Waals surface area contributed by atoms with Gasteiger partial charge in [-0.3, -0.25) is 15.0 Å². The lowest BCUT2D eigenvalue weighted by molar-refractivity contribution is -0.131. The summed E-state index contributed by atoms with van der Waals surface area (Å²) in [7, 11) is 1.65. The van der Waals surface area contributed by atoms with Gasteiger partial charge in [-0.2, -0.15) is 5.26 Å². The van der Waals surface area contributed by atoms with E-state index in [0.29, 0.717) is 19.4 Å². The first-order valence-electron chi connectivity index (χ1n) is 12.5. The summed E-state index contributed by atoms with van der Waals surface area (Å²) in [6.45, 7) is 8.84. The molecule has 0 radical (unpaired) electrons. The second-order valence-electron chi connectivity index (χ2n) is 10.8. The van der Waals surface area contributed by atoms with Crippen molar-refractivity contribution in [2.24, 2.45) is 34.1 Å². The van der Waals surface area contributed by atoms with Crippen molar-refractivity contribution < 1.29 is 9.53 Å². The monoisotopic (exact) mass is 482 g/mol. The Morgan fingerprint density at radius 3 is 2.70 bits per heavy atom. The Bertz CT molecular complexity index is 732. The number of methoxy groups -OCH3 is 1. The molecular formula is C24H43ClN6O2. The fraction of sp³-hybridized carbons (Fsp3) is 0.917. The standard InChI is InChI=1S/C24H43ClN6O2/c1-5-24-11-17(31(6-2)13-15(7-8-26)10-23(24,3)14-24)20(21(27)28)22(32)30-16-12-29-19(25)9-18(16)33-4/h15-21,29H,5-7,9-14,27-28H2,1-4H3,(H,30,32). The molecule has 0 aromatic carbocycles. The molecule has 1 saturated carbocycles. The second kappa shape index (κ2) is 10.8. The number of nitrogens with two attached hydrogens (primary N) is 2. The van der Waals surface area contributed by atoms with E-state index in [-0.39, 0.29) is 46.3 Å². The summed E-state index contributed by atoms with van der Waals surface area (Å²) in [6.07, 6.45) is 4.35. The van der Waals surface area contributed by atoms with E-state index in [2.05, 4.69) is 42.4 Å². The molecule has 188 valence electrons. The average molecular weight is 483 g/mol. The molecule has 8 nitrogen and oxygen atoms in total. The number of amides is 1. The van der Waals surface area contributed by atoms with Gasteiger partial charge in [-0.15, -0.1) is 11.6 Å². The molecule has 2 saturated heterocycles. The molecule has 1 aliphatic carbocycles. The Hall–Kier alpha value is -0.950. The van der Waals surface area contributed by atoms with Gasteiger partial charge in [0.15, 0.2) is 0 Å². The fourth-order valence-corrected chi connectivity index (χ4v) is 7.08. The SMILES string of the molecule is CCN1CC(CC#N)CC2(C)CC2(CC)CC1C(C(=O)NC1CNC(Cl)CC1OC)C(N)N. The number of fused-ring (bicyclic) bond motifs is 1. The molecule has 8 atom stereocenters. The largest absolute Gasteiger partial charge is 0.379 e. The van der Waals surface area contributed by atoms with Crippen LogP contribution in [0.25, 0.3) is 0 Å². The highest BCUT2D eigenvalue weighted by Gasteiger charge is 2.65. The van der Waals surface area contributed by atoms with Crippen LogP contribution in [0, 0.1) is 34.0 Å². The fourth-order valence-electron chi connectivity index (χ4n) is 6.82. The van der Waals surface area contributed by atoms with Crippen LogP contribution < -0.4 is 22.1 Å². The molecule has 2 aliphatic heterocycles. The zero-order valence-corrected chi connectivity index (χ0v) is 21.4. The third kappa shape index (κ3) is 5.50. The number of carbonyl (C=O) groups is 1. The van der Waals surface area contributed by atoms with Crippen molar-refractivity contribution in [3.8, 4) is 6.07 Å². The van der Waals surface area contributed by atoms with Crippen molar-refractivity contribution in [2.75, 3.05) is 26.7 Å². The number of rotatable bonds is 8. The van der Waals surface area contributed by atoms with Gasteiger partial charge in [0.25, 0.3) is 0 Å². The van der Waals surface area contributed by atoms with Crippen LogP contribution >= 0.6 is 11.6 Å². The number of nitriles is 1. The van der Waals surface area contributed by atoms with Gasteiger partial charge in [0, 0.05) is 39.1 Å². The van der Waals surface area contributed by atoms with Crippen molar-refractivity contribution >= 4 is 17.5 Å². The Morgan fingerprint density at radius 1 is 1.39 bits per heavy atom. The molecule has 0 bridgehead atoms. The van der Waals surface area contributed by atoms with Crippen LogP contribution in [0.5, 0.6) is 0 Å². The normalized spacial score (nSPS) is 40.3. The van der Waals surface area contributed by atoms with E-state index in [0.717, 1.165) is 38.8 Å². The topological polar surface area (TPSA) is 129 Å². The smallest absolute Gasteiger partial charge is 0.227 e. The van der Waals surface area contributed by atoms with Gasteiger partial charge < -0.3 is 21.5 Å². The maximum atomic E-state index is 13.7. The lowest BCUT2D eigenvalue weighted by Crippen LogP contribution is -2.63. The van der Waals surface area contributed by atoms with E-state index >= 15 is 0 Å². The molecule has 2 heterocycles. The van der Waals surface area contributed by atoms with Crippen LogP contribution in [0.1, 0.15) is 59.3 Å².